The van der Waals surface area contributed by atoms with Crippen molar-refractivity contribution in [3.05, 3.63) is 35.4 Å². The van der Waals surface area contributed by atoms with Crippen LogP contribution in [0.25, 0.3) is 0 Å². The first-order valence-electron chi connectivity index (χ1n) is 7.58. The van der Waals surface area contributed by atoms with Gasteiger partial charge in [-0.2, -0.15) is 11.8 Å². The summed E-state index contributed by atoms with van der Waals surface area (Å²) in [5, 5.41) is 0.929. The summed E-state index contributed by atoms with van der Waals surface area (Å²) < 4.78 is 0. The van der Waals surface area contributed by atoms with Crippen LogP contribution < -0.4 is 0 Å². The minimum atomic E-state index is 0.929. The molecule has 0 atom stereocenters. The Labute approximate surface area is 117 Å². The molecule has 0 spiro atoms. The number of aryl methyl sites for hydroxylation is 1. The quantitative estimate of drug-likeness (QED) is 0.643. The molecule has 0 bridgehead atoms. The fourth-order valence-corrected chi connectivity index (χ4v) is 3.98. The molecule has 0 N–H and O–H groups in total. The molecule has 1 saturated carbocycles. The van der Waals surface area contributed by atoms with Crippen LogP contribution in [0.1, 0.15) is 63.0 Å². The summed E-state index contributed by atoms with van der Waals surface area (Å²) in [6, 6.07) is 9.24. The molecule has 0 saturated heterocycles. The van der Waals surface area contributed by atoms with Crippen molar-refractivity contribution in [1.29, 1.82) is 0 Å². The summed E-state index contributed by atoms with van der Waals surface area (Å²) in [6.07, 6.45) is 11.1. The molecule has 1 aromatic rings. The number of rotatable bonds is 6. The Morgan fingerprint density at radius 3 is 2.67 bits per heavy atom. The van der Waals surface area contributed by atoms with Gasteiger partial charge in [0.15, 0.2) is 0 Å². The molecule has 1 aliphatic carbocycles. The predicted molar refractivity (Wildman–Crippen MR) is 83.2 cm³/mol. The van der Waals surface area contributed by atoms with Gasteiger partial charge in [0.1, 0.15) is 0 Å². The zero-order chi connectivity index (χ0) is 12.6. The van der Waals surface area contributed by atoms with E-state index in [1.807, 2.05) is 0 Å². The number of hydrogen-bond donors (Lipinski definition) is 0. The van der Waals surface area contributed by atoms with Gasteiger partial charge in [0.25, 0.3) is 0 Å². The molecule has 0 aliphatic heterocycles. The third-order valence-electron chi connectivity index (χ3n) is 3.85. The monoisotopic (exact) mass is 262 g/mol. The van der Waals surface area contributed by atoms with Crippen molar-refractivity contribution in [3.63, 3.8) is 0 Å². The third kappa shape index (κ3) is 4.68. The topological polar surface area (TPSA) is 0 Å². The van der Waals surface area contributed by atoms with Crippen LogP contribution in [0.5, 0.6) is 0 Å². The Morgan fingerprint density at radius 2 is 1.89 bits per heavy atom. The average Bonchev–Trinajstić information content (AvgIpc) is 2.44. The number of hydrogen-bond acceptors (Lipinski definition) is 1. The van der Waals surface area contributed by atoms with Crippen molar-refractivity contribution in [2.75, 3.05) is 0 Å². The Kier molecular flexibility index (Phi) is 6.13. The van der Waals surface area contributed by atoms with E-state index in [4.69, 9.17) is 0 Å². The van der Waals surface area contributed by atoms with Gasteiger partial charge in [-0.3, -0.25) is 0 Å². The predicted octanol–water partition coefficient (Wildman–Crippen LogP) is 5.60. The van der Waals surface area contributed by atoms with E-state index in [1.165, 1.54) is 68.2 Å². The van der Waals surface area contributed by atoms with Crippen LogP contribution in [0.2, 0.25) is 0 Å². The van der Waals surface area contributed by atoms with Crippen LogP contribution in [-0.4, -0.2) is 5.25 Å². The summed E-state index contributed by atoms with van der Waals surface area (Å²) in [5.41, 5.74) is 3.05. The first-order valence-corrected chi connectivity index (χ1v) is 8.63. The molecule has 1 aliphatic rings. The van der Waals surface area contributed by atoms with Crippen LogP contribution in [0.15, 0.2) is 24.3 Å². The molecule has 0 aromatic heterocycles. The molecule has 0 nitrogen and oxygen atoms in total. The maximum Gasteiger partial charge on any atom is 0.0187 e. The summed E-state index contributed by atoms with van der Waals surface area (Å²) in [5.74, 6) is 1.21. The van der Waals surface area contributed by atoms with Crippen molar-refractivity contribution in [2.45, 2.75) is 69.3 Å². The minimum Gasteiger partial charge on any atom is -0.154 e. The molecule has 18 heavy (non-hydrogen) atoms. The first-order chi connectivity index (χ1) is 8.88. The lowest BCUT2D eigenvalue weighted by atomic mass is 10.0. The molecule has 0 unspecified atom stereocenters. The maximum absolute atomic E-state index is 2.42. The van der Waals surface area contributed by atoms with Crippen LogP contribution in [0.4, 0.5) is 0 Å². The fraction of sp³-hybridized carbons (Fsp3) is 0.647. The summed E-state index contributed by atoms with van der Waals surface area (Å²) in [7, 11) is 0. The molecular weight excluding hydrogens is 236 g/mol. The van der Waals surface area contributed by atoms with E-state index in [0.717, 1.165) is 5.25 Å². The highest BCUT2D eigenvalue weighted by atomic mass is 32.2. The molecule has 1 aromatic carbocycles. The van der Waals surface area contributed by atoms with Crippen molar-refractivity contribution in [3.8, 4) is 0 Å². The van der Waals surface area contributed by atoms with Crippen LogP contribution >= 0.6 is 11.8 Å². The average molecular weight is 262 g/mol. The highest BCUT2D eigenvalue weighted by Crippen LogP contribution is 2.30. The van der Waals surface area contributed by atoms with Gasteiger partial charge >= 0.3 is 0 Å². The first kappa shape index (κ1) is 14.0. The van der Waals surface area contributed by atoms with Crippen LogP contribution in [-0.2, 0) is 12.2 Å². The second-order valence-electron chi connectivity index (χ2n) is 5.49. The van der Waals surface area contributed by atoms with E-state index in [-0.39, 0.29) is 0 Å². The number of unbranched alkanes of at least 4 members (excludes halogenated alkanes) is 1. The lowest BCUT2D eigenvalue weighted by Gasteiger charge is -2.21. The van der Waals surface area contributed by atoms with Gasteiger partial charge in [0.05, 0.1) is 0 Å². The SMILES string of the molecule is CCCCc1cccc(CSC2CCCCC2)c1. The molecule has 2 rings (SSSR count). The minimum absolute atomic E-state index is 0.929. The van der Waals surface area contributed by atoms with Crippen molar-refractivity contribution >= 4 is 11.8 Å². The van der Waals surface area contributed by atoms with E-state index >= 15 is 0 Å². The second-order valence-corrected chi connectivity index (χ2v) is 6.78. The Balaban J connectivity index is 1.80. The van der Waals surface area contributed by atoms with E-state index < -0.39 is 0 Å². The molecule has 100 valence electrons. The summed E-state index contributed by atoms with van der Waals surface area (Å²) >= 11 is 2.18. The van der Waals surface area contributed by atoms with Crippen molar-refractivity contribution < 1.29 is 0 Å². The van der Waals surface area contributed by atoms with Gasteiger partial charge in [-0.1, -0.05) is 56.9 Å². The Morgan fingerprint density at radius 1 is 1.11 bits per heavy atom. The van der Waals surface area contributed by atoms with Gasteiger partial charge in [0.2, 0.25) is 0 Å². The second kappa shape index (κ2) is 7.89. The highest BCUT2D eigenvalue weighted by Gasteiger charge is 2.13. The van der Waals surface area contributed by atoms with E-state index in [2.05, 4.69) is 43.0 Å². The standard InChI is InChI=1S/C17H26S/c1-2-3-8-15-9-7-10-16(13-15)14-18-17-11-5-4-6-12-17/h7,9-10,13,17H,2-6,8,11-12,14H2,1H3. The Hall–Kier alpha value is -0.430. The van der Waals surface area contributed by atoms with Gasteiger partial charge in [-0.05, 0) is 36.8 Å². The number of benzene rings is 1. The smallest absolute Gasteiger partial charge is 0.0187 e. The molecule has 0 heterocycles. The third-order valence-corrected chi connectivity index (χ3v) is 5.29. The molecule has 1 heteroatoms. The van der Waals surface area contributed by atoms with Crippen LogP contribution in [0.3, 0.4) is 0 Å². The maximum atomic E-state index is 2.42. The highest BCUT2D eigenvalue weighted by molar-refractivity contribution is 7.99. The summed E-state index contributed by atoms with van der Waals surface area (Å²) in [6.45, 7) is 2.27. The van der Waals surface area contributed by atoms with Crippen molar-refractivity contribution in [1.82, 2.24) is 0 Å². The van der Waals surface area contributed by atoms with Gasteiger partial charge in [-0.25, -0.2) is 0 Å². The van der Waals surface area contributed by atoms with E-state index in [9.17, 15) is 0 Å². The zero-order valence-corrected chi connectivity index (χ0v) is 12.5. The Bertz CT molecular complexity index is 339. The number of thioether (sulfide) groups is 1. The normalized spacial score (nSPS) is 16.9. The van der Waals surface area contributed by atoms with Gasteiger partial charge < -0.3 is 0 Å². The lowest BCUT2D eigenvalue weighted by molar-refractivity contribution is 0.516. The van der Waals surface area contributed by atoms with Gasteiger partial charge in [0, 0.05) is 11.0 Å². The molecule has 0 amide bonds. The zero-order valence-electron chi connectivity index (χ0n) is 11.7. The van der Waals surface area contributed by atoms with E-state index in [0.29, 0.717) is 0 Å². The summed E-state index contributed by atoms with van der Waals surface area (Å²) in [4.78, 5) is 0. The van der Waals surface area contributed by atoms with Crippen molar-refractivity contribution in [2.24, 2.45) is 0 Å². The fourth-order valence-electron chi connectivity index (χ4n) is 2.70. The molecular formula is C17H26S. The molecule has 1 fully saturated rings. The largest absolute Gasteiger partial charge is 0.154 e. The molecule has 0 radical (unpaired) electrons. The van der Waals surface area contributed by atoms with Gasteiger partial charge in [-0.15, -0.1) is 0 Å². The van der Waals surface area contributed by atoms with Crippen LogP contribution in [0, 0.1) is 0 Å². The van der Waals surface area contributed by atoms with E-state index in [1.54, 1.807) is 0 Å². The lowest BCUT2D eigenvalue weighted by Crippen LogP contribution is -2.08.